The second-order valence-electron chi connectivity index (χ2n) is 6.43. The Morgan fingerprint density at radius 2 is 2.14 bits per heavy atom. The Kier molecular flexibility index (Phi) is 5.37. The maximum absolute atomic E-state index is 12.2. The van der Waals surface area contributed by atoms with Gasteiger partial charge in [0.05, 0.1) is 6.61 Å². The van der Waals surface area contributed by atoms with E-state index in [0.717, 1.165) is 13.0 Å². The second-order valence-corrected chi connectivity index (χ2v) is 6.43. The molecule has 2 N–H and O–H groups in total. The molecule has 0 spiro atoms. The average molecular weight is 290 g/mol. The van der Waals surface area contributed by atoms with Crippen LogP contribution in [0.2, 0.25) is 0 Å². The first kappa shape index (κ1) is 16.0. The molecule has 116 valence electrons. The Hall–Kier alpha value is -1.39. The fourth-order valence-corrected chi connectivity index (χ4v) is 2.89. The van der Waals surface area contributed by atoms with Crippen LogP contribution in [-0.2, 0) is 14.9 Å². The molecule has 1 aliphatic rings. The fourth-order valence-electron chi connectivity index (χ4n) is 2.89. The summed E-state index contributed by atoms with van der Waals surface area (Å²) in [6, 6.07) is 10.5. The van der Waals surface area contributed by atoms with Gasteiger partial charge in [0.1, 0.15) is 6.10 Å². The van der Waals surface area contributed by atoms with Crippen LogP contribution in [0.1, 0.15) is 32.8 Å². The molecule has 21 heavy (non-hydrogen) atoms. The van der Waals surface area contributed by atoms with Gasteiger partial charge in [-0.3, -0.25) is 4.79 Å². The van der Waals surface area contributed by atoms with Crippen LogP contribution in [0, 0.1) is 0 Å². The summed E-state index contributed by atoms with van der Waals surface area (Å²) in [5, 5.41) is 6.25. The van der Waals surface area contributed by atoms with Crippen molar-refractivity contribution >= 4 is 5.91 Å². The zero-order chi connectivity index (χ0) is 15.3. The molecule has 0 radical (unpaired) electrons. The van der Waals surface area contributed by atoms with Crippen LogP contribution in [0.15, 0.2) is 30.3 Å². The first-order chi connectivity index (χ1) is 9.99. The first-order valence-corrected chi connectivity index (χ1v) is 7.67. The van der Waals surface area contributed by atoms with Gasteiger partial charge >= 0.3 is 0 Å². The molecule has 1 saturated heterocycles. The number of carbonyl (C=O) groups is 1. The van der Waals surface area contributed by atoms with Crippen molar-refractivity contribution in [3.8, 4) is 0 Å². The van der Waals surface area contributed by atoms with Gasteiger partial charge in [0.15, 0.2) is 0 Å². The van der Waals surface area contributed by atoms with E-state index in [-0.39, 0.29) is 23.5 Å². The van der Waals surface area contributed by atoms with Crippen molar-refractivity contribution in [1.82, 2.24) is 10.6 Å². The summed E-state index contributed by atoms with van der Waals surface area (Å²) in [7, 11) is 0. The topological polar surface area (TPSA) is 50.4 Å². The van der Waals surface area contributed by atoms with Gasteiger partial charge < -0.3 is 15.4 Å². The lowest BCUT2D eigenvalue weighted by Gasteiger charge is -2.30. The standard InChI is InChI=1S/C17H26N2O2/c1-13(19-16(20)15-12-18-9-10-21-15)11-17(2,3)14-7-5-4-6-8-14/h4-8,13,15,18H,9-12H2,1-3H3,(H,19,20). The molecule has 1 aromatic rings. The lowest BCUT2D eigenvalue weighted by atomic mass is 9.79. The SMILES string of the molecule is CC(CC(C)(C)c1ccccc1)NC(=O)C1CNCCO1. The largest absolute Gasteiger partial charge is 0.366 e. The summed E-state index contributed by atoms with van der Waals surface area (Å²) < 4.78 is 5.48. The molecular formula is C17H26N2O2. The number of carbonyl (C=O) groups excluding carboxylic acids is 1. The van der Waals surface area contributed by atoms with Crippen LogP contribution >= 0.6 is 0 Å². The molecule has 0 aromatic heterocycles. The van der Waals surface area contributed by atoms with E-state index >= 15 is 0 Å². The quantitative estimate of drug-likeness (QED) is 0.870. The number of nitrogens with one attached hydrogen (secondary N) is 2. The van der Waals surface area contributed by atoms with Crippen molar-refractivity contribution in [1.29, 1.82) is 0 Å². The minimum atomic E-state index is -0.360. The highest BCUT2D eigenvalue weighted by molar-refractivity contribution is 5.81. The highest BCUT2D eigenvalue weighted by Crippen LogP contribution is 2.28. The molecule has 1 aromatic carbocycles. The summed E-state index contributed by atoms with van der Waals surface area (Å²) in [6.07, 6.45) is 0.532. The van der Waals surface area contributed by atoms with E-state index in [0.29, 0.717) is 13.2 Å². The Bertz CT molecular complexity index is 453. The smallest absolute Gasteiger partial charge is 0.250 e. The zero-order valence-electron chi connectivity index (χ0n) is 13.2. The van der Waals surface area contributed by atoms with E-state index in [1.54, 1.807) is 0 Å². The van der Waals surface area contributed by atoms with Crippen LogP contribution in [-0.4, -0.2) is 37.7 Å². The number of hydrogen-bond acceptors (Lipinski definition) is 3. The molecular weight excluding hydrogens is 264 g/mol. The van der Waals surface area contributed by atoms with E-state index < -0.39 is 0 Å². The van der Waals surface area contributed by atoms with Gasteiger partial charge in [-0.05, 0) is 24.3 Å². The third-order valence-corrected chi connectivity index (χ3v) is 3.98. The predicted molar refractivity (Wildman–Crippen MR) is 84.3 cm³/mol. The van der Waals surface area contributed by atoms with Gasteiger partial charge in [0.25, 0.3) is 5.91 Å². The number of morpholine rings is 1. The monoisotopic (exact) mass is 290 g/mol. The van der Waals surface area contributed by atoms with Gasteiger partial charge in [-0.1, -0.05) is 44.2 Å². The third kappa shape index (κ3) is 4.55. The van der Waals surface area contributed by atoms with Crippen molar-refractivity contribution in [2.45, 2.75) is 44.8 Å². The van der Waals surface area contributed by atoms with Crippen LogP contribution in [0.5, 0.6) is 0 Å². The molecule has 1 aliphatic heterocycles. The molecule has 1 fully saturated rings. The maximum Gasteiger partial charge on any atom is 0.250 e. The minimum Gasteiger partial charge on any atom is -0.366 e. The summed E-state index contributed by atoms with van der Waals surface area (Å²) >= 11 is 0. The van der Waals surface area contributed by atoms with Gasteiger partial charge in [0, 0.05) is 19.1 Å². The summed E-state index contributed by atoms with van der Waals surface area (Å²) in [5.74, 6) is -0.0152. The molecule has 4 nitrogen and oxygen atoms in total. The Labute approximate surface area is 127 Å². The Morgan fingerprint density at radius 3 is 2.76 bits per heavy atom. The highest BCUT2D eigenvalue weighted by Gasteiger charge is 2.27. The molecule has 2 rings (SSSR count). The van der Waals surface area contributed by atoms with E-state index in [4.69, 9.17) is 4.74 Å². The number of rotatable bonds is 5. The van der Waals surface area contributed by atoms with Gasteiger partial charge in [-0.25, -0.2) is 0 Å². The molecule has 2 unspecified atom stereocenters. The van der Waals surface area contributed by atoms with E-state index in [2.05, 4.69) is 55.7 Å². The van der Waals surface area contributed by atoms with E-state index in [1.165, 1.54) is 5.56 Å². The maximum atomic E-state index is 12.2. The summed E-state index contributed by atoms with van der Waals surface area (Å²) in [6.45, 7) is 8.50. The zero-order valence-corrected chi connectivity index (χ0v) is 13.2. The lowest BCUT2D eigenvalue weighted by Crippen LogP contribution is -2.50. The molecule has 1 heterocycles. The minimum absolute atomic E-state index is 0.0152. The number of benzene rings is 1. The third-order valence-electron chi connectivity index (χ3n) is 3.98. The fraction of sp³-hybridized carbons (Fsp3) is 0.588. The highest BCUT2D eigenvalue weighted by atomic mass is 16.5. The molecule has 0 aliphatic carbocycles. The van der Waals surface area contributed by atoms with Crippen molar-refractivity contribution in [3.63, 3.8) is 0 Å². The lowest BCUT2D eigenvalue weighted by molar-refractivity contribution is -0.134. The summed E-state index contributed by atoms with van der Waals surface area (Å²) in [4.78, 5) is 12.2. The second kappa shape index (κ2) is 7.05. The van der Waals surface area contributed by atoms with Gasteiger partial charge in [-0.2, -0.15) is 0 Å². The molecule has 2 atom stereocenters. The predicted octanol–water partition coefficient (Wildman–Crippen LogP) is 1.85. The van der Waals surface area contributed by atoms with Crippen LogP contribution in [0.25, 0.3) is 0 Å². The molecule has 4 heteroatoms. The van der Waals surface area contributed by atoms with Gasteiger partial charge in [0.2, 0.25) is 0 Å². The number of ether oxygens (including phenoxy) is 1. The van der Waals surface area contributed by atoms with Crippen LogP contribution in [0.3, 0.4) is 0 Å². The van der Waals surface area contributed by atoms with Crippen LogP contribution in [0.4, 0.5) is 0 Å². The normalized spacial score (nSPS) is 20.8. The average Bonchev–Trinajstić information content (AvgIpc) is 2.48. The number of amides is 1. The molecule has 0 saturated carbocycles. The van der Waals surface area contributed by atoms with Crippen molar-refractivity contribution in [2.24, 2.45) is 0 Å². The molecule has 0 bridgehead atoms. The van der Waals surface area contributed by atoms with Crippen LogP contribution < -0.4 is 10.6 Å². The first-order valence-electron chi connectivity index (χ1n) is 7.67. The van der Waals surface area contributed by atoms with E-state index in [1.807, 2.05) is 6.07 Å². The Balaban J connectivity index is 1.88. The van der Waals surface area contributed by atoms with Gasteiger partial charge in [-0.15, -0.1) is 0 Å². The molecule has 1 amide bonds. The summed E-state index contributed by atoms with van der Waals surface area (Å²) in [5.41, 5.74) is 1.32. The Morgan fingerprint density at radius 1 is 1.43 bits per heavy atom. The van der Waals surface area contributed by atoms with E-state index in [9.17, 15) is 4.79 Å². The number of hydrogen-bond donors (Lipinski definition) is 2. The van der Waals surface area contributed by atoms with Crippen molar-refractivity contribution in [3.05, 3.63) is 35.9 Å². The van der Waals surface area contributed by atoms with Crippen molar-refractivity contribution < 1.29 is 9.53 Å². The van der Waals surface area contributed by atoms with Crippen molar-refractivity contribution in [2.75, 3.05) is 19.7 Å².